The first-order valence-electron chi connectivity index (χ1n) is 5.82. The van der Waals surface area contributed by atoms with Crippen LogP contribution in [0.15, 0.2) is 24.3 Å². The minimum absolute atomic E-state index is 0.0480. The second-order valence-electron chi connectivity index (χ2n) is 4.11. The molecule has 106 valence electrons. The number of sulfonamides is 1. The van der Waals surface area contributed by atoms with Gasteiger partial charge in [-0.2, -0.15) is 0 Å². The zero-order valence-electron chi connectivity index (χ0n) is 10.5. The summed E-state index contributed by atoms with van der Waals surface area (Å²) in [6.45, 7) is 1.74. The van der Waals surface area contributed by atoms with Crippen molar-refractivity contribution in [3.63, 3.8) is 0 Å². The van der Waals surface area contributed by atoms with E-state index in [1.807, 2.05) is 0 Å². The molecule has 19 heavy (non-hydrogen) atoms. The van der Waals surface area contributed by atoms with Crippen LogP contribution in [0.25, 0.3) is 0 Å². The highest BCUT2D eigenvalue weighted by molar-refractivity contribution is 7.89. The third-order valence-electron chi connectivity index (χ3n) is 2.45. The molecule has 0 unspecified atom stereocenters. The van der Waals surface area contributed by atoms with Gasteiger partial charge in [0.25, 0.3) is 0 Å². The maximum atomic E-state index is 11.8. The number of carboxylic acid groups (broad SMARTS) is 1. The van der Waals surface area contributed by atoms with E-state index in [4.69, 9.17) is 16.7 Å². The maximum Gasteiger partial charge on any atom is 0.305 e. The third-order valence-corrected chi connectivity index (χ3v) is 4.39. The highest BCUT2D eigenvalue weighted by Gasteiger charge is 2.23. The molecule has 5 nitrogen and oxygen atoms in total. The molecular weight excluding hydrogens is 290 g/mol. The lowest BCUT2D eigenvalue weighted by atomic mass is 10.1. The van der Waals surface area contributed by atoms with Gasteiger partial charge in [-0.1, -0.05) is 36.7 Å². The van der Waals surface area contributed by atoms with E-state index in [1.165, 1.54) is 0 Å². The van der Waals surface area contributed by atoms with Crippen molar-refractivity contribution in [2.75, 3.05) is 5.75 Å². The third kappa shape index (κ3) is 5.18. The standard InChI is InChI=1S/C12H16ClNO4S/c1-2-7-19(17,18)14-11(8-12(15)16)9-5-3-4-6-10(9)13/h3-6,11,14H,2,7-8H2,1H3,(H,15,16)/t11-/m1/s1. The molecule has 0 radical (unpaired) electrons. The van der Waals surface area contributed by atoms with Crippen LogP contribution in [0.4, 0.5) is 0 Å². The first kappa shape index (κ1) is 15.9. The largest absolute Gasteiger partial charge is 0.481 e. The summed E-state index contributed by atoms with van der Waals surface area (Å²) in [5, 5.41) is 9.23. The molecule has 0 aliphatic rings. The summed E-state index contributed by atoms with van der Waals surface area (Å²) in [6.07, 6.45) is 0.102. The van der Waals surface area contributed by atoms with Gasteiger partial charge in [-0.05, 0) is 18.1 Å². The predicted molar refractivity (Wildman–Crippen MR) is 73.7 cm³/mol. The number of carboxylic acids is 1. The number of nitrogens with one attached hydrogen (secondary N) is 1. The lowest BCUT2D eigenvalue weighted by molar-refractivity contribution is -0.137. The molecule has 0 aliphatic heterocycles. The van der Waals surface area contributed by atoms with Crippen LogP contribution in [0.5, 0.6) is 0 Å². The summed E-state index contributed by atoms with van der Waals surface area (Å²) >= 11 is 5.98. The maximum absolute atomic E-state index is 11.8. The normalized spacial score (nSPS) is 13.2. The molecular formula is C12H16ClNO4S. The van der Waals surface area contributed by atoms with Gasteiger partial charge in [0.1, 0.15) is 0 Å². The van der Waals surface area contributed by atoms with E-state index in [0.29, 0.717) is 17.0 Å². The molecule has 1 rings (SSSR count). The summed E-state index contributed by atoms with van der Waals surface area (Å²) in [7, 11) is -3.51. The quantitative estimate of drug-likeness (QED) is 0.809. The van der Waals surface area contributed by atoms with E-state index in [-0.39, 0.29) is 12.2 Å². The monoisotopic (exact) mass is 305 g/mol. The van der Waals surface area contributed by atoms with Gasteiger partial charge in [-0.25, -0.2) is 13.1 Å². The summed E-state index contributed by atoms with van der Waals surface area (Å²) in [5.41, 5.74) is 0.464. The fraction of sp³-hybridized carbons (Fsp3) is 0.417. The van der Waals surface area contributed by atoms with E-state index in [0.717, 1.165) is 0 Å². The van der Waals surface area contributed by atoms with Crippen LogP contribution < -0.4 is 4.72 Å². The van der Waals surface area contributed by atoms with Crippen molar-refractivity contribution in [1.82, 2.24) is 4.72 Å². The fourth-order valence-electron chi connectivity index (χ4n) is 1.69. The minimum Gasteiger partial charge on any atom is -0.481 e. The Morgan fingerprint density at radius 3 is 2.58 bits per heavy atom. The Kier molecular flexibility index (Phi) is 5.78. The van der Waals surface area contributed by atoms with Gasteiger partial charge in [-0.3, -0.25) is 4.79 Å². The molecule has 1 atom stereocenters. The van der Waals surface area contributed by atoms with Crippen molar-refractivity contribution < 1.29 is 18.3 Å². The van der Waals surface area contributed by atoms with E-state index >= 15 is 0 Å². The Hall–Kier alpha value is -1.11. The Labute approximate surface area is 117 Å². The molecule has 0 amide bonds. The van der Waals surface area contributed by atoms with Crippen LogP contribution in [0.2, 0.25) is 5.02 Å². The number of aliphatic carboxylic acids is 1. The van der Waals surface area contributed by atoms with Gasteiger partial charge >= 0.3 is 5.97 Å². The number of benzene rings is 1. The highest BCUT2D eigenvalue weighted by Crippen LogP contribution is 2.25. The number of carbonyl (C=O) groups is 1. The lowest BCUT2D eigenvalue weighted by Gasteiger charge is -2.18. The van der Waals surface area contributed by atoms with Crippen molar-refractivity contribution in [2.24, 2.45) is 0 Å². The van der Waals surface area contributed by atoms with Crippen LogP contribution in [-0.2, 0) is 14.8 Å². The van der Waals surface area contributed by atoms with Crippen molar-refractivity contribution in [1.29, 1.82) is 0 Å². The van der Waals surface area contributed by atoms with Gasteiger partial charge < -0.3 is 5.11 Å². The van der Waals surface area contributed by atoms with Crippen molar-refractivity contribution in [3.8, 4) is 0 Å². The van der Waals surface area contributed by atoms with Gasteiger partial charge in [0, 0.05) is 5.02 Å². The second-order valence-corrected chi connectivity index (χ2v) is 6.39. The summed E-state index contributed by atoms with van der Waals surface area (Å²) < 4.78 is 25.9. The number of hydrogen-bond donors (Lipinski definition) is 2. The molecule has 1 aromatic carbocycles. The summed E-state index contributed by atoms with van der Waals surface area (Å²) in [5.74, 6) is -1.14. The van der Waals surface area contributed by atoms with Crippen molar-refractivity contribution in [2.45, 2.75) is 25.8 Å². The molecule has 0 aliphatic carbocycles. The predicted octanol–water partition coefficient (Wildman–Crippen LogP) is 2.19. The number of halogens is 1. The van der Waals surface area contributed by atoms with Crippen LogP contribution in [0, 0.1) is 0 Å². The van der Waals surface area contributed by atoms with E-state index in [1.54, 1.807) is 31.2 Å². The van der Waals surface area contributed by atoms with Crippen molar-refractivity contribution in [3.05, 3.63) is 34.9 Å². The first-order valence-corrected chi connectivity index (χ1v) is 7.85. The van der Waals surface area contributed by atoms with E-state index in [2.05, 4.69) is 4.72 Å². The molecule has 0 spiro atoms. The molecule has 2 N–H and O–H groups in total. The van der Waals surface area contributed by atoms with Crippen LogP contribution in [-0.4, -0.2) is 25.2 Å². The highest BCUT2D eigenvalue weighted by atomic mass is 35.5. The van der Waals surface area contributed by atoms with Crippen LogP contribution in [0.3, 0.4) is 0 Å². The summed E-state index contributed by atoms with van der Waals surface area (Å²) in [6, 6.07) is 5.74. The SMILES string of the molecule is CCCS(=O)(=O)N[C@H](CC(=O)O)c1ccccc1Cl. The Morgan fingerprint density at radius 1 is 1.42 bits per heavy atom. The molecule has 0 fully saturated rings. The molecule has 0 bridgehead atoms. The van der Waals surface area contributed by atoms with E-state index < -0.39 is 22.0 Å². The van der Waals surface area contributed by atoms with Gasteiger partial charge in [0.15, 0.2) is 0 Å². The fourth-order valence-corrected chi connectivity index (χ4v) is 3.26. The average Bonchev–Trinajstić information content (AvgIpc) is 2.27. The summed E-state index contributed by atoms with van der Waals surface area (Å²) in [4.78, 5) is 10.9. The molecule has 0 saturated heterocycles. The molecule has 0 aromatic heterocycles. The zero-order valence-corrected chi connectivity index (χ0v) is 12.0. The van der Waals surface area contributed by atoms with Crippen LogP contribution in [0.1, 0.15) is 31.4 Å². The van der Waals surface area contributed by atoms with Gasteiger partial charge in [0.2, 0.25) is 10.0 Å². The molecule has 7 heteroatoms. The van der Waals surface area contributed by atoms with Crippen LogP contribution >= 0.6 is 11.6 Å². The Bertz CT molecular complexity index is 544. The first-order chi connectivity index (χ1) is 8.85. The smallest absolute Gasteiger partial charge is 0.305 e. The average molecular weight is 306 g/mol. The number of rotatable bonds is 7. The zero-order chi connectivity index (χ0) is 14.5. The van der Waals surface area contributed by atoms with E-state index in [9.17, 15) is 13.2 Å². The molecule has 0 heterocycles. The van der Waals surface area contributed by atoms with Crippen molar-refractivity contribution >= 4 is 27.6 Å². The number of hydrogen-bond acceptors (Lipinski definition) is 3. The molecule has 1 aromatic rings. The topological polar surface area (TPSA) is 83.5 Å². The van der Waals surface area contributed by atoms with Gasteiger partial charge in [0.05, 0.1) is 18.2 Å². The Balaban J connectivity index is 3.03. The molecule has 0 saturated carbocycles. The lowest BCUT2D eigenvalue weighted by Crippen LogP contribution is -2.32. The van der Waals surface area contributed by atoms with Gasteiger partial charge in [-0.15, -0.1) is 0 Å². The minimum atomic E-state index is -3.51. The Morgan fingerprint density at radius 2 is 2.05 bits per heavy atom. The second kappa shape index (κ2) is 6.88.